The van der Waals surface area contributed by atoms with Gasteiger partial charge in [0.1, 0.15) is 0 Å². The molecule has 0 unspecified atom stereocenters. The lowest BCUT2D eigenvalue weighted by atomic mass is 10.2. The van der Waals surface area contributed by atoms with Crippen molar-refractivity contribution in [3.05, 3.63) is 46.2 Å². The Hall–Kier alpha value is -1.30. The van der Waals surface area contributed by atoms with Gasteiger partial charge in [-0.05, 0) is 40.5 Å². The molecule has 6 heteroatoms. The third-order valence-electron chi connectivity index (χ3n) is 2.24. The molecule has 0 saturated carbocycles. The Balaban J connectivity index is 2.61. The van der Waals surface area contributed by atoms with Gasteiger partial charge in [0.05, 0.1) is 16.4 Å². The maximum Gasteiger partial charge on any atom is 0.434 e. The molecule has 0 aliphatic rings. The topological polar surface area (TPSA) is 17.8 Å². The summed E-state index contributed by atoms with van der Waals surface area (Å²) in [6.07, 6.45) is -3.30. The summed E-state index contributed by atoms with van der Waals surface area (Å²) in [6.45, 7) is 1.81. The molecule has 0 saturated heterocycles. The van der Waals surface area contributed by atoms with Crippen LogP contribution in [0.25, 0.3) is 5.69 Å². The van der Waals surface area contributed by atoms with Crippen molar-refractivity contribution in [3.8, 4) is 5.69 Å². The molecule has 0 amide bonds. The van der Waals surface area contributed by atoms with Gasteiger partial charge in [-0.1, -0.05) is 12.1 Å². The lowest BCUT2D eigenvalue weighted by Gasteiger charge is -2.11. The molecule has 0 N–H and O–H groups in total. The quantitative estimate of drug-likeness (QED) is 0.780. The minimum absolute atomic E-state index is 0.0634. The number of alkyl halides is 3. The van der Waals surface area contributed by atoms with Crippen LogP contribution >= 0.6 is 15.9 Å². The third-order valence-corrected chi connectivity index (χ3v) is 2.82. The first-order valence-corrected chi connectivity index (χ1v) is 5.56. The van der Waals surface area contributed by atoms with E-state index in [1.807, 2.05) is 13.0 Å². The van der Waals surface area contributed by atoms with Crippen LogP contribution in [0.4, 0.5) is 13.2 Å². The first kappa shape index (κ1) is 12.2. The Labute approximate surface area is 104 Å². The summed E-state index contributed by atoms with van der Waals surface area (Å²) in [6, 6.07) is 6.74. The standard InChI is InChI=1S/C11H8BrF3N2/c1-7-3-2-4-8(5-7)17-10(11(13,14)15)9(12)6-16-17/h2-6H,1H3. The molecule has 1 heterocycles. The number of benzene rings is 1. The van der Waals surface area contributed by atoms with Crippen molar-refractivity contribution in [1.82, 2.24) is 9.78 Å². The van der Waals surface area contributed by atoms with E-state index in [4.69, 9.17) is 0 Å². The number of rotatable bonds is 1. The van der Waals surface area contributed by atoms with E-state index in [-0.39, 0.29) is 4.47 Å². The molecule has 0 bridgehead atoms. The van der Waals surface area contributed by atoms with Crippen LogP contribution in [-0.4, -0.2) is 9.78 Å². The number of hydrogen-bond donors (Lipinski definition) is 0. The Morgan fingerprint density at radius 3 is 2.59 bits per heavy atom. The molecule has 0 spiro atoms. The lowest BCUT2D eigenvalue weighted by Crippen LogP contribution is -2.14. The van der Waals surface area contributed by atoms with Crippen LogP contribution in [0.2, 0.25) is 0 Å². The van der Waals surface area contributed by atoms with Crippen LogP contribution in [0, 0.1) is 6.92 Å². The van der Waals surface area contributed by atoms with E-state index < -0.39 is 11.9 Å². The summed E-state index contributed by atoms with van der Waals surface area (Å²) in [5, 5.41) is 3.74. The molecule has 0 radical (unpaired) electrons. The predicted molar refractivity (Wildman–Crippen MR) is 61.0 cm³/mol. The zero-order chi connectivity index (χ0) is 12.6. The van der Waals surface area contributed by atoms with Crippen molar-refractivity contribution >= 4 is 15.9 Å². The Morgan fingerprint density at radius 1 is 1.29 bits per heavy atom. The van der Waals surface area contributed by atoms with Crippen LogP contribution in [0.5, 0.6) is 0 Å². The number of nitrogens with zero attached hydrogens (tertiary/aromatic N) is 2. The summed E-state index contributed by atoms with van der Waals surface area (Å²) in [4.78, 5) is 0. The molecule has 0 atom stereocenters. The summed E-state index contributed by atoms with van der Waals surface area (Å²) in [5.74, 6) is 0. The highest BCUT2D eigenvalue weighted by molar-refractivity contribution is 9.10. The monoisotopic (exact) mass is 304 g/mol. The number of aromatic nitrogens is 2. The van der Waals surface area contributed by atoms with Crippen LogP contribution in [-0.2, 0) is 6.18 Å². The molecule has 17 heavy (non-hydrogen) atoms. The first-order chi connectivity index (χ1) is 7.89. The first-order valence-electron chi connectivity index (χ1n) is 4.77. The van der Waals surface area contributed by atoms with Gasteiger partial charge in [-0.15, -0.1) is 0 Å². The van der Waals surface area contributed by atoms with Gasteiger partial charge in [0.2, 0.25) is 0 Å². The predicted octanol–water partition coefficient (Wildman–Crippen LogP) is 3.96. The van der Waals surface area contributed by atoms with Crippen LogP contribution in [0.15, 0.2) is 34.9 Å². The minimum Gasteiger partial charge on any atom is -0.227 e. The average Bonchev–Trinajstić information content (AvgIpc) is 2.59. The second kappa shape index (κ2) is 4.18. The number of hydrogen-bond acceptors (Lipinski definition) is 1. The molecule has 0 aliphatic carbocycles. The molecule has 1 aromatic carbocycles. The van der Waals surface area contributed by atoms with Gasteiger partial charge in [-0.3, -0.25) is 0 Å². The van der Waals surface area contributed by atoms with Crippen molar-refractivity contribution in [1.29, 1.82) is 0 Å². The van der Waals surface area contributed by atoms with Gasteiger partial charge in [0, 0.05) is 0 Å². The van der Waals surface area contributed by atoms with E-state index in [1.165, 1.54) is 0 Å². The van der Waals surface area contributed by atoms with E-state index >= 15 is 0 Å². The molecule has 0 fully saturated rings. The van der Waals surface area contributed by atoms with E-state index in [0.717, 1.165) is 16.4 Å². The van der Waals surface area contributed by atoms with Gasteiger partial charge in [0.15, 0.2) is 5.69 Å². The van der Waals surface area contributed by atoms with E-state index in [1.54, 1.807) is 18.2 Å². The fourth-order valence-corrected chi connectivity index (χ4v) is 2.02. The summed E-state index contributed by atoms with van der Waals surface area (Å²) in [7, 11) is 0. The highest BCUT2D eigenvalue weighted by Gasteiger charge is 2.38. The fraction of sp³-hybridized carbons (Fsp3) is 0.182. The Bertz CT molecular complexity index is 546. The van der Waals surface area contributed by atoms with Gasteiger partial charge in [0.25, 0.3) is 0 Å². The molecule has 90 valence electrons. The highest BCUT2D eigenvalue weighted by Crippen LogP contribution is 2.36. The van der Waals surface area contributed by atoms with Crippen LogP contribution < -0.4 is 0 Å². The summed E-state index contributed by atoms with van der Waals surface area (Å²) >= 11 is 2.87. The lowest BCUT2D eigenvalue weighted by molar-refractivity contribution is -0.143. The fourth-order valence-electron chi connectivity index (χ4n) is 1.54. The van der Waals surface area contributed by atoms with Gasteiger partial charge in [-0.2, -0.15) is 18.3 Å². The van der Waals surface area contributed by atoms with Gasteiger partial charge in [-0.25, -0.2) is 4.68 Å². The second-order valence-corrected chi connectivity index (χ2v) is 4.44. The van der Waals surface area contributed by atoms with Crippen molar-refractivity contribution in [3.63, 3.8) is 0 Å². The normalized spacial score (nSPS) is 11.8. The van der Waals surface area contributed by atoms with Crippen molar-refractivity contribution in [2.75, 3.05) is 0 Å². The zero-order valence-electron chi connectivity index (χ0n) is 8.79. The largest absolute Gasteiger partial charge is 0.434 e. The van der Waals surface area contributed by atoms with Crippen molar-refractivity contribution in [2.24, 2.45) is 0 Å². The summed E-state index contributed by atoms with van der Waals surface area (Å²) in [5.41, 5.74) is 0.466. The van der Waals surface area contributed by atoms with E-state index in [0.29, 0.717) is 5.69 Å². The van der Waals surface area contributed by atoms with Crippen molar-refractivity contribution in [2.45, 2.75) is 13.1 Å². The number of aryl methyl sites for hydroxylation is 1. The third kappa shape index (κ3) is 2.36. The molecule has 2 nitrogen and oxygen atoms in total. The van der Waals surface area contributed by atoms with Crippen LogP contribution in [0.1, 0.15) is 11.3 Å². The van der Waals surface area contributed by atoms with Crippen LogP contribution in [0.3, 0.4) is 0 Å². The number of halogens is 4. The zero-order valence-corrected chi connectivity index (χ0v) is 10.4. The average molecular weight is 305 g/mol. The summed E-state index contributed by atoms with van der Waals surface area (Å²) < 4.78 is 39.3. The Kier molecular flexibility index (Phi) is 2.99. The van der Waals surface area contributed by atoms with Gasteiger partial charge >= 0.3 is 6.18 Å². The van der Waals surface area contributed by atoms with Crippen molar-refractivity contribution < 1.29 is 13.2 Å². The van der Waals surface area contributed by atoms with Gasteiger partial charge < -0.3 is 0 Å². The molecule has 2 aromatic rings. The highest BCUT2D eigenvalue weighted by atomic mass is 79.9. The molecule has 1 aromatic heterocycles. The SMILES string of the molecule is Cc1cccc(-n2ncc(Br)c2C(F)(F)F)c1. The maximum absolute atomic E-state index is 12.8. The van der Waals surface area contributed by atoms with E-state index in [9.17, 15) is 13.2 Å². The van der Waals surface area contributed by atoms with E-state index in [2.05, 4.69) is 21.0 Å². The smallest absolute Gasteiger partial charge is 0.227 e. The molecular formula is C11H8BrF3N2. The molecule has 2 rings (SSSR count). The molecular weight excluding hydrogens is 297 g/mol. The maximum atomic E-state index is 12.8. The second-order valence-electron chi connectivity index (χ2n) is 3.59. The Morgan fingerprint density at radius 2 is 2.00 bits per heavy atom. The molecule has 0 aliphatic heterocycles. The minimum atomic E-state index is -4.45.